The van der Waals surface area contributed by atoms with Crippen molar-refractivity contribution in [2.24, 2.45) is 15.9 Å². The highest BCUT2D eigenvalue weighted by Gasteiger charge is 2.33. The molecule has 66 heavy (non-hydrogen) atoms. The van der Waals surface area contributed by atoms with E-state index in [1.54, 1.807) is 29.3 Å². The van der Waals surface area contributed by atoms with E-state index in [2.05, 4.69) is 61.8 Å². The second kappa shape index (κ2) is 33.2. The van der Waals surface area contributed by atoms with Crippen LogP contribution in [0.15, 0.2) is 124 Å². The highest BCUT2D eigenvalue weighted by atomic mass is 79.9. The lowest BCUT2D eigenvalue weighted by Gasteiger charge is -2.35. The number of nitrogens with zero attached hydrogens (tertiary/aromatic N) is 4. The Labute approximate surface area is 401 Å². The number of nitrogens with two attached hydrogens (primary N) is 1. The van der Waals surface area contributed by atoms with Crippen molar-refractivity contribution in [1.29, 1.82) is 0 Å². The smallest absolute Gasteiger partial charge is 0.247 e. The van der Waals surface area contributed by atoms with E-state index in [0.717, 1.165) is 64.3 Å². The zero-order chi connectivity index (χ0) is 47.8. The summed E-state index contributed by atoms with van der Waals surface area (Å²) in [6.45, 7) is 18.1. The molecule has 0 aliphatic carbocycles. The molecule has 14 nitrogen and oxygen atoms in total. The molecule has 3 aromatic carbocycles. The molecule has 1 unspecified atom stereocenters. The summed E-state index contributed by atoms with van der Waals surface area (Å²) in [6.07, 6.45) is 10.1. The number of carbonyl (C=O) groups excluding carboxylic acids is 2. The van der Waals surface area contributed by atoms with Crippen molar-refractivity contribution in [2.45, 2.75) is 58.0 Å². The maximum Gasteiger partial charge on any atom is 0.247 e. The zero-order valence-corrected chi connectivity index (χ0v) is 41.0. The fourth-order valence-electron chi connectivity index (χ4n) is 6.58. The average Bonchev–Trinajstić information content (AvgIpc) is 3.32. The van der Waals surface area contributed by atoms with Crippen LogP contribution in [-0.2, 0) is 30.2 Å². The lowest BCUT2D eigenvalue weighted by Crippen LogP contribution is -2.47. The monoisotopic (exact) mass is 973 g/mol. The van der Waals surface area contributed by atoms with Gasteiger partial charge in [0.2, 0.25) is 11.8 Å². The Balaban J connectivity index is 1.24. The van der Waals surface area contributed by atoms with Crippen molar-refractivity contribution >= 4 is 45.4 Å². The summed E-state index contributed by atoms with van der Waals surface area (Å²) in [5, 5.41) is 9.87. The molecular formula is C51H72BrN7O7. The van der Waals surface area contributed by atoms with Crippen LogP contribution >= 0.6 is 15.9 Å². The van der Waals surface area contributed by atoms with Crippen molar-refractivity contribution in [3.05, 3.63) is 125 Å². The molecule has 0 aliphatic heterocycles. The topological polar surface area (TPSA) is 162 Å². The van der Waals surface area contributed by atoms with Crippen molar-refractivity contribution in [1.82, 2.24) is 15.1 Å². The summed E-state index contributed by atoms with van der Waals surface area (Å²) in [5.41, 5.74) is 4.27. The van der Waals surface area contributed by atoms with Crippen LogP contribution in [0.3, 0.4) is 0 Å². The first-order valence-corrected chi connectivity index (χ1v) is 23.5. The molecule has 0 spiro atoms. The van der Waals surface area contributed by atoms with Gasteiger partial charge >= 0.3 is 0 Å². The fourth-order valence-corrected chi connectivity index (χ4v) is 6.84. The molecule has 3 aromatic rings. The van der Waals surface area contributed by atoms with E-state index in [0.29, 0.717) is 78.0 Å². The van der Waals surface area contributed by atoms with Crippen LogP contribution in [0.2, 0.25) is 0 Å². The van der Waals surface area contributed by atoms with Gasteiger partial charge in [-0.15, -0.1) is 0 Å². The summed E-state index contributed by atoms with van der Waals surface area (Å²) in [6, 6.07) is 22.1. The van der Waals surface area contributed by atoms with Crippen molar-refractivity contribution in [2.75, 3.05) is 98.4 Å². The standard InChI is InChI=1S/C51H72BrN7O7/c1-7-11-41(8-2)38-56-51(61)50(43-15-17-44(52)18-16-43)59(40(3)4)49(60)25-14-42-12-21-47(22-13-42)65-30-10-9-28-58(6)29-33-64-35-34-62-31-26-46(57-53)39-55-27-32-63-36-37-66-48-23-19-45(54-5)20-24-48/h7-8,11-13,15-24,39-40,50,54H,1-2,9-10,14,25-38,53H2,3-6H3,(H,56,61)/b41-11+,55-39?,57-46-. The van der Waals surface area contributed by atoms with Gasteiger partial charge < -0.3 is 50.0 Å². The van der Waals surface area contributed by atoms with Gasteiger partial charge in [0.1, 0.15) is 24.1 Å². The first-order valence-electron chi connectivity index (χ1n) is 22.7. The number of carbonyl (C=O) groups is 2. The SMILES string of the molecule is C=C/C=C(\C=C)CNC(=O)C(c1ccc(Br)cc1)N(C(=O)CCc1ccc(OCCCCN(C)CCOCCOCC/C(C=NCCOCCOc2ccc(NC)cc2)=N/N)cc1)C(C)C. The molecular weight excluding hydrogens is 903 g/mol. The van der Waals surface area contributed by atoms with Crippen LogP contribution in [0, 0.1) is 0 Å². The van der Waals surface area contributed by atoms with Crippen molar-refractivity contribution in [3.8, 4) is 11.5 Å². The normalized spacial score (nSPS) is 12.3. The van der Waals surface area contributed by atoms with Gasteiger partial charge in [-0.1, -0.05) is 71.6 Å². The molecule has 3 rings (SSSR count). The number of rotatable bonds is 35. The van der Waals surface area contributed by atoms with E-state index < -0.39 is 6.04 Å². The number of aryl methyl sites for hydroxylation is 1. The Morgan fingerprint density at radius 3 is 2.11 bits per heavy atom. The number of allylic oxidation sites excluding steroid dienone is 2. The molecule has 360 valence electrons. The number of anilines is 1. The maximum atomic E-state index is 13.8. The summed E-state index contributed by atoms with van der Waals surface area (Å²) < 4.78 is 29.6. The quantitative estimate of drug-likeness (QED) is 0.0174. The largest absolute Gasteiger partial charge is 0.494 e. The van der Waals surface area contributed by atoms with Crippen LogP contribution in [-0.4, -0.2) is 133 Å². The number of amides is 2. The van der Waals surface area contributed by atoms with Gasteiger partial charge in [0.25, 0.3) is 0 Å². The highest BCUT2D eigenvalue weighted by molar-refractivity contribution is 9.10. The number of hydrogen-bond donors (Lipinski definition) is 3. The molecule has 0 aromatic heterocycles. The molecule has 0 heterocycles. The molecule has 2 amide bonds. The van der Waals surface area contributed by atoms with Crippen molar-refractivity contribution < 1.29 is 33.3 Å². The van der Waals surface area contributed by atoms with Crippen molar-refractivity contribution in [3.63, 3.8) is 0 Å². The summed E-state index contributed by atoms with van der Waals surface area (Å²) in [4.78, 5) is 35.8. The van der Waals surface area contributed by atoms with E-state index >= 15 is 0 Å². The van der Waals surface area contributed by atoms with Gasteiger partial charge in [-0.2, -0.15) is 5.10 Å². The number of unbranched alkanes of at least 4 members (excludes halogenated alkanes) is 1. The number of likely N-dealkylation sites (N-methyl/N-ethyl adjacent to an activating group) is 1. The van der Waals surface area contributed by atoms with Gasteiger partial charge in [0.15, 0.2) is 0 Å². The minimum atomic E-state index is -0.797. The summed E-state index contributed by atoms with van der Waals surface area (Å²) in [5.74, 6) is 6.76. The Bertz CT molecular complexity index is 1940. The molecule has 4 N–H and O–H groups in total. The molecule has 0 fully saturated rings. The Hall–Kier alpha value is -5.32. The second-order valence-electron chi connectivity index (χ2n) is 15.6. The highest BCUT2D eigenvalue weighted by Crippen LogP contribution is 2.27. The number of halogens is 1. The lowest BCUT2D eigenvalue weighted by molar-refractivity contribution is -0.142. The Kier molecular flexibility index (Phi) is 27.7. The minimum absolute atomic E-state index is 0.101. The van der Waals surface area contributed by atoms with Gasteiger partial charge in [-0.25, -0.2) is 0 Å². The third-order valence-electron chi connectivity index (χ3n) is 10.3. The molecule has 0 aliphatic rings. The van der Waals surface area contributed by atoms with E-state index in [4.69, 9.17) is 29.5 Å². The van der Waals surface area contributed by atoms with Crippen LogP contribution in [0.1, 0.15) is 56.7 Å². The summed E-state index contributed by atoms with van der Waals surface area (Å²) in [7, 11) is 3.97. The minimum Gasteiger partial charge on any atom is -0.494 e. The van der Waals surface area contributed by atoms with E-state index in [-0.39, 0.29) is 30.8 Å². The number of hydrogen-bond acceptors (Lipinski definition) is 12. The molecule has 0 radical (unpaired) electrons. The predicted molar refractivity (Wildman–Crippen MR) is 271 cm³/mol. The summed E-state index contributed by atoms with van der Waals surface area (Å²) >= 11 is 3.48. The van der Waals surface area contributed by atoms with Crippen LogP contribution < -0.4 is 25.9 Å². The number of nitrogens with one attached hydrogen (secondary N) is 2. The molecule has 0 saturated carbocycles. The number of benzene rings is 3. The average molecular weight is 975 g/mol. The number of ether oxygens (including phenoxy) is 5. The van der Waals surface area contributed by atoms with Crippen LogP contribution in [0.4, 0.5) is 5.69 Å². The van der Waals surface area contributed by atoms with E-state index in [1.807, 2.05) is 93.7 Å². The van der Waals surface area contributed by atoms with Crippen LogP contribution in [0.25, 0.3) is 0 Å². The Morgan fingerprint density at radius 1 is 0.803 bits per heavy atom. The maximum absolute atomic E-state index is 13.8. The second-order valence-corrected chi connectivity index (χ2v) is 16.5. The first kappa shape index (κ1) is 55.0. The van der Waals surface area contributed by atoms with Gasteiger partial charge in [0, 0.05) is 55.4 Å². The number of aliphatic imine (C=N–C) groups is 1. The van der Waals surface area contributed by atoms with E-state index in [9.17, 15) is 9.59 Å². The molecule has 0 bridgehead atoms. The molecule has 0 saturated heterocycles. The van der Waals surface area contributed by atoms with Gasteiger partial charge in [-0.05, 0) is 112 Å². The van der Waals surface area contributed by atoms with Crippen LogP contribution in [0.5, 0.6) is 11.5 Å². The molecule has 15 heteroatoms. The van der Waals surface area contributed by atoms with E-state index in [1.165, 1.54) is 0 Å². The first-order chi connectivity index (χ1) is 32.1. The molecule has 1 atom stereocenters. The fraction of sp³-hybridized carbons (Fsp3) is 0.451. The Morgan fingerprint density at radius 2 is 1.45 bits per heavy atom. The third-order valence-corrected chi connectivity index (χ3v) is 10.8. The predicted octanol–water partition coefficient (Wildman–Crippen LogP) is 7.81. The zero-order valence-electron chi connectivity index (χ0n) is 39.4. The lowest BCUT2D eigenvalue weighted by atomic mass is 10.0. The van der Waals surface area contributed by atoms with Gasteiger partial charge in [-0.3, -0.25) is 14.6 Å². The third kappa shape index (κ3) is 22.2. The number of hydrazone groups is 1. The van der Waals surface area contributed by atoms with Gasteiger partial charge in [0.05, 0.1) is 58.5 Å².